The molecule has 0 amide bonds. The third-order valence-corrected chi connectivity index (χ3v) is 5.55. The molecule has 0 saturated carbocycles. The fourth-order valence-corrected chi connectivity index (χ4v) is 4.13. The van der Waals surface area contributed by atoms with Crippen molar-refractivity contribution in [1.82, 2.24) is 0 Å². The average Bonchev–Trinajstić information content (AvgIpc) is 2.83. The second kappa shape index (κ2) is 6.20. The first-order valence-electron chi connectivity index (χ1n) is 6.49. The van der Waals surface area contributed by atoms with Crippen molar-refractivity contribution < 1.29 is 9.78 Å². The summed E-state index contributed by atoms with van der Waals surface area (Å²) in [6.45, 7) is 0. The largest absolute Gasteiger partial charge is 0.820 e. The van der Waals surface area contributed by atoms with Gasteiger partial charge >= 0.3 is 4.34 Å². The summed E-state index contributed by atoms with van der Waals surface area (Å²) < 4.78 is 2.07. The van der Waals surface area contributed by atoms with E-state index in [-0.39, 0.29) is 5.88 Å². The predicted octanol–water partition coefficient (Wildman–Crippen LogP) is 2.78. The van der Waals surface area contributed by atoms with Crippen LogP contribution in [0.5, 0.6) is 5.88 Å². The van der Waals surface area contributed by atoms with Crippen molar-refractivity contribution in [2.24, 2.45) is 0 Å². The van der Waals surface area contributed by atoms with Gasteiger partial charge < -0.3 is 5.11 Å². The lowest BCUT2D eigenvalue weighted by molar-refractivity contribution is -0.712. The zero-order valence-electron chi connectivity index (χ0n) is 11.2. The minimum atomic E-state index is -0.137. The number of rotatable bonds is 4. The van der Waals surface area contributed by atoms with Gasteiger partial charge in [0.1, 0.15) is 4.88 Å². The van der Waals surface area contributed by atoms with Gasteiger partial charge in [0.05, 0.1) is 0 Å². The first-order chi connectivity index (χ1) is 10.3. The molecule has 3 nitrogen and oxygen atoms in total. The zero-order valence-corrected chi connectivity index (χ0v) is 12.9. The number of hydrogen-bond acceptors (Lipinski definition) is 4. The normalized spacial score (nSPS) is 10.7. The number of aromatic nitrogens is 1. The van der Waals surface area contributed by atoms with Gasteiger partial charge in [0.25, 0.3) is 0 Å². The Bertz CT molecular complexity index is 727. The Labute approximate surface area is 131 Å². The molecule has 1 aromatic heterocycles. The third kappa shape index (κ3) is 3.04. The number of thioether (sulfide) groups is 1. The molecule has 1 heterocycles. The Balaban J connectivity index is 1.84. The minimum Gasteiger partial charge on any atom is -0.820 e. The molecule has 0 unspecified atom stereocenters. The predicted molar refractivity (Wildman–Crippen MR) is 85.5 cm³/mol. The van der Waals surface area contributed by atoms with Crippen LogP contribution in [0, 0.1) is 0 Å². The van der Waals surface area contributed by atoms with Crippen LogP contribution < -0.4 is 15.6 Å². The van der Waals surface area contributed by atoms with Crippen molar-refractivity contribution in [2.45, 2.75) is 10.1 Å². The summed E-state index contributed by atoms with van der Waals surface area (Å²) in [7, 11) is 0. The number of thiazole rings is 1. The molecule has 2 N–H and O–H groups in total. The Morgan fingerprint density at radius 1 is 1.00 bits per heavy atom. The highest BCUT2D eigenvalue weighted by molar-refractivity contribution is 8.00. The monoisotopic (exact) mass is 314 g/mol. The van der Waals surface area contributed by atoms with E-state index >= 15 is 0 Å². The highest BCUT2D eigenvalue weighted by Crippen LogP contribution is 2.36. The van der Waals surface area contributed by atoms with Crippen LogP contribution in [0.2, 0.25) is 0 Å². The molecular weight excluding hydrogens is 300 g/mol. The second-order valence-electron chi connectivity index (χ2n) is 4.51. The molecule has 0 spiro atoms. The Kier molecular flexibility index (Phi) is 4.13. The average molecular weight is 314 g/mol. The molecule has 0 radical (unpaired) electrons. The van der Waals surface area contributed by atoms with E-state index in [1.807, 2.05) is 48.5 Å². The molecule has 0 fully saturated rings. The smallest absolute Gasteiger partial charge is 0.325 e. The number of nitrogens with zero attached hydrogens (tertiary/aromatic N) is 1. The SMILES string of the molecule is N[n+]1c(SCc2ccccc2)sc(-c2ccccc2)c1[O-]. The van der Waals surface area contributed by atoms with Crippen LogP contribution in [0.15, 0.2) is 65.0 Å². The van der Waals surface area contributed by atoms with E-state index in [2.05, 4.69) is 12.1 Å². The molecule has 2 aromatic carbocycles. The van der Waals surface area contributed by atoms with Crippen LogP contribution in [0.1, 0.15) is 5.56 Å². The molecule has 0 aliphatic carbocycles. The molecule has 21 heavy (non-hydrogen) atoms. The lowest BCUT2D eigenvalue weighted by atomic mass is 10.2. The molecule has 0 aliphatic rings. The van der Waals surface area contributed by atoms with E-state index < -0.39 is 0 Å². The van der Waals surface area contributed by atoms with Gasteiger partial charge in [-0.05, 0) is 22.9 Å². The van der Waals surface area contributed by atoms with E-state index in [1.165, 1.54) is 21.6 Å². The third-order valence-electron chi connectivity index (χ3n) is 3.04. The van der Waals surface area contributed by atoms with Crippen LogP contribution in [0.25, 0.3) is 10.4 Å². The first-order valence-corrected chi connectivity index (χ1v) is 8.29. The van der Waals surface area contributed by atoms with E-state index in [0.29, 0.717) is 4.88 Å². The van der Waals surface area contributed by atoms with Gasteiger partial charge in [-0.15, -0.1) is 0 Å². The molecule has 0 atom stereocenters. The molecule has 0 bridgehead atoms. The fraction of sp³-hybridized carbons (Fsp3) is 0.0625. The second-order valence-corrected chi connectivity index (χ2v) is 6.73. The summed E-state index contributed by atoms with van der Waals surface area (Å²) in [4.78, 5) is 0.689. The lowest BCUT2D eigenvalue weighted by Gasteiger charge is -2.00. The van der Waals surface area contributed by atoms with E-state index in [4.69, 9.17) is 5.84 Å². The van der Waals surface area contributed by atoms with E-state index in [0.717, 1.165) is 15.7 Å². The van der Waals surface area contributed by atoms with Crippen molar-refractivity contribution >= 4 is 23.1 Å². The van der Waals surface area contributed by atoms with Crippen LogP contribution >= 0.6 is 23.1 Å². The maximum absolute atomic E-state index is 12.2. The highest BCUT2D eigenvalue weighted by atomic mass is 32.2. The zero-order chi connectivity index (χ0) is 14.7. The van der Waals surface area contributed by atoms with Gasteiger partial charge in [-0.25, -0.2) is 5.84 Å². The van der Waals surface area contributed by atoms with Gasteiger partial charge in [0.15, 0.2) is 5.88 Å². The van der Waals surface area contributed by atoms with Gasteiger partial charge in [-0.1, -0.05) is 76.7 Å². The molecule has 3 aromatic rings. The number of nitrogen functional groups attached to an aromatic ring is 1. The fourth-order valence-electron chi connectivity index (χ4n) is 1.96. The van der Waals surface area contributed by atoms with Crippen molar-refractivity contribution in [3.05, 3.63) is 66.2 Å². The molecule has 106 valence electrons. The minimum absolute atomic E-state index is 0.137. The van der Waals surface area contributed by atoms with Crippen molar-refractivity contribution in [1.29, 1.82) is 0 Å². The van der Waals surface area contributed by atoms with E-state index in [1.54, 1.807) is 11.8 Å². The Morgan fingerprint density at radius 2 is 1.62 bits per heavy atom. The van der Waals surface area contributed by atoms with Gasteiger partial charge in [-0.2, -0.15) is 0 Å². The number of nitrogens with two attached hydrogens (primary N) is 1. The Hall–Kier alpha value is -1.98. The van der Waals surface area contributed by atoms with Crippen LogP contribution in [-0.4, -0.2) is 0 Å². The van der Waals surface area contributed by atoms with Crippen molar-refractivity contribution in [3.63, 3.8) is 0 Å². The maximum atomic E-state index is 12.2. The first kappa shape index (κ1) is 14.0. The van der Waals surface area contributed by atoms with Gasteiger partial charge in [-0.3, -0.25) is 0 Å². The van der Waals surface area contributed by atoms with Gasteiger partial charge in [0.2, 0.25) is 0 Å². The maximum Gasteiger partial charge on any atom is 0.325 e. The molecule has 5 heteroatoms. The lowest BCUT2D eigenvalue weighted by Crippen LogP contribution is -2.46. The summed E-state index contributed by atoms with van der Waals surface area (Å²) in [6, 6.07) is 19.8. The quantitative estimate of drug-likeness (QED) is 0.458. The van der Waals surface area contributed by atoms with Crippen LogP contribution in [-0.2, 0) is 5.75 Å². The van der Waals surface area contributed by atoms with E-state index in [9.17, 15) is 5.11 Å². The summed E-state index contributed by atoms with van der Waals surface area (Å²) in [6.07, 6.45) is 0. The molecule has 0 aliphatic heterocycles. The molecule has 3 rings (SSSR count). The topological polar surface area (TPSA) is 53.0 Å². The summed E-state index contributed by atoms with van der Waals surface area (Å²) in [5.74, 6) is 6.56. The van der Waals surface area contributed by atoms with Gasteiger partial charge in [0, 0.05) is 5.75 Å². The Morgan fingerprint density at radius 3 is 2.29 bits per heavy atom. The van der Waals surface area contributed by atoms with Crippen molar-refractivity contribution in [3.8, 4) is 16.3 Å². The van der Waals surface area contributed by atoms with Crippen molar-refractivity contribution in [2.75, 3.05) is 5.84 Å². The summed E-state index contributed by atoms with van der Waals surface area (Å²) in [5, 5.41) is 12.2. The summed E-state index contributed by atoms with van der Waals surface area (Å²) >= 11 is 3.03. The summed E-state index contributed by atoms with van der Waals surface area (Å²) in [5.41, 5.74) is 2.13. The highest BCUT2D eigenvalue weighted by Gasteiger charge is 2.20. The molecule has 0 saturated heterocycles. The molecular formula is C16H14N2OS2. The number of hydrogen-bond donors (Lipinski definition) is 1. The van der Waals surface area contributed by atoms with Crippen LogP contribution in [0.3, 0.4) is 0 Å². The standard InChI is InChI=1S/C16H14N2OS2/c17-18-15(19)14(13-9-5-2-6-10-13)21-16(18)20-11-12-7-3-1-4-8-12/h1-10H,11,17H2. The number of benzene rings is 2. The van der Waals surface area contributed by atoms with Crippen LogP contribution in [0.4, 0.5) is 0 Å².